The zero-order valence-electron chi connectivity index (χ0n) is 11.0. The largest absolute Gasteiger partial charge is 0.486 e. The smallest absolute Gasteiger partial charge is 0.270 e. The first-order chi connectivity index (χ1) is 9.02. The maximum Gasteiger partial charge on any atom is 0.270 e. The summed E-state index contributed by atoms with van der Waals surface area (Å²) in [5, 5.41) is 0. The van der Waals surface area contributed by atoms with Crippen LogP contribution in [0.25, 0.3) is 0 Å². The van der Waals surface area contributed by atoms with E-state index in [1.54, 1.807) is 6.07 Å². The summed E-state index contributed by atoms with van der Waals surface area (Å²) < 4.78 is 38.2. The molecular weight excluding hydrogens is 252 g/mol. The normalized spacial score (nSPS) is 14.5. The van der Waals surface area contributed by atoms with Crippen molar-refractivity contribution in [2.45, 2.75) is 32.1 Å². The summed E-state index contributed by atoms with van der Waals surface area (Å²) in [7, 11) is 0. The van der Waals surface area contributed by atoms with Crippen LogP contribution in [0.15, 0.2) is 12.1 Å². The van der Waals surface area contributed by atoms with E-state index >= 15 is 0 Å². The molecule has 2 rings (SSSR count). The molecule has 0 bridgehead atoms. The van der Waals surface area contributed by atoms with E-state index in [9.17, 15) is 8.78 Å². The second-order valence-corrected chi connectivity index (χ2v) is 4.79. The van der Waals surface area contributed by atoms with Gasteiger partial charge in [-0.1, -0.05) is 0 Å². The molecule has 0 atom stereocenters. The monoisotopic (exact) mass is 271 g/mol. The molecule has 1 aromatic rings. The number of alkyl halides is 2. The van der Waals surface area contributed by atoms with Crippen LogP contribution in [0, 0.1) is 0 Å². The predicted octanol–water partition coefficient (Wildman–Crippen LogP) is 2.85. The topological polar surface area (TPSA) is 44.5 Å². The summed E-state index contributed by atoms with van der Waals surface area (Å²) in [5.41, 5.74) is 6.07. The molecule has 0 saturated carbocycles. The number of nitrogens with two attached hydrogens (primary N) is 1. The van der Waals surface area contributed by atoms with Crippen LogP contribution in [0.5, 0.6) is 11.5 Å². The zero-order valence-corrected chi connectivity index (χ0v) is 11.0. The Balaban J connectivity index is 2.32. The molecule has 19 heavy (non-hydrogen) atoms. The minimum Gasteiger partial charge on any atom is -0.486 e. The number of fused-ring (bicyclic) bond motifs is 1. The Kier molecular flexibility index (Phi) is 4.24. The fourth-order valence-electron chi connectivity index (χ4n) is 2.21. The number of unbranched alkanes of at least 4 members (excludes halogenated alkanes) is 1. The third-order valence-electron chi connectivity index (χ3n) is 3.14. The molecule has 1 aromatic carbocycles. The molecule has 0 radical (unpaired) electrons. The van der Waals surface area contributed by atoms with Gasteiger partial charge >= 0.3 is 0 Å². The Morgan fingerprint density at radius 1 is 1.16 bits per heavy atom. The molecule has 1 heterocycles. The second-order valence-electron chi connectivity index (χ2n) is 4.79. The first-order valence-corrected chi connectivity index (χ1v) is 6.53. The summed E-state index contributed by atoms with van der Waals surface area (Å²) in [6, 6.07) is 3.09. The average Bonchev–Trinajstić information content (AvgIpc) is 2.37. The predicted molar refractivity (Wildman–Crippen MR) is 69.0 cm³/mol. The van der Waals surface area contributed by atoms with Crippen molar-refractivity contribution in [3.8, 4) is 11.5 Å². The maximum atomic E-state index is 13.7. The number of rotatable bonds is 5. The van der Waals surface area contributed by atoms with E-state index in [4.69, 9.17) is 15.2 Å². The summed E-state index contributed by atoms with van der Waals surface area (Å²) in [6.45, 7) is 2.33. The molecule has 0 fully saturated rings. The van der Waals surface area contributed by atoms with Crippen molar-refractivity contribution in [1.82, 2.24) is 0 Å². The van der Waals surface area contributed by atoms with Gasteiger partial charge in [-0.05, 0) is 43.5 Å². The van der Waals surface area contributed by atoms with Gasteiger partial charge in [0.25, 0.3) is 5.92 Å². The zero-order chi connectivity index (χ0) is 13.9. The molecule has 0 saturated heterocycles. The van der Waals surface area contributed by atoms with Crippen LogP contribution in [-0.4, -0.2) is 19.8 Å². The number of hydrogen-bond donors (Lipinski definition) is 1. The van der Waals surface area contributed by atoms with E-state index < -0.39 is 5.92 Å². The van der Waals surface area contributed by atoms with E-state index in [1.807, 2.05) is 0 Å². The fraction of sp³-hybridized carbons (Fsp3) is 0.571. The van der Waals surface area contributed by atoms with Crippen LogP contribution in [0.2, 0.25) is 0 Å². The molecule has 3 nitrogen and oxygen atoms in total. The van der Waals surface area contributed by atoms with E-state index in [2.05, 4.69) is 0 Å². The summed E-state index contributed by atoms with van der Waals surface area (Å²) in [5.74, 6) is -1.92. The molecule has 1 aliphatic rings. The van der Waals surface area contributed by atoms with E-state index in [0.29, 0.717) is 43.2 Å². The lowest BCUT2D eigenvalue weighted by atomic mass is 9.97. The molecular formula is C14H19F2NO2. The quantitative estimate of drug-likeness (QED) is 0.837. The highest BCUT2D eigenvalue weighted by Gasteiger charge is 2.30. The lowest BCUT2D eigenvalue weighted by molar-refractivity contribution is 0.0159. The second kappa shape index (κ2) is 5.74. The minimum absolute atomic E-state index is 0.0220. The van der Waals surface area contributed by atoms with Crippen molar-refractivity contribution in [2.24, 2.45) is 5.73 Å². The molecule has 1 aliphatic heterocycles. The van der Waals surface area contributed by atoms with Gasteiger partial charge in [-0.15, -0.1) is 0 Å². The lowest BCUT2D eigenvalue weighted by Crippen LogP contribution is -2.18. The fourth-order valence-corrected chi connectivity index (χ4v) is 2.21. The third-order valence-corrected chi connectivity index (χ3v) is 3.14. The van der Waals surface area contributed by atoms with E-state index in [1.165, 1.54) is 6.07 Å². The van der Waals surface area contributed by atoms with E-state index in [0.717, 1.165) is 19.8 Å². The SMILES string of the molecule is CC(F)(F)c1cc2c(cc1CCCCN)OCCO2. The number of ether oxygens (including phenoxy) is 2. The Morgan fingerprint density at radius 2 is 1.79 bits per heavy atom. The Labute approximate surface area is 111 Å². The van der Waals surface area contributed by atoms with E-state index in [-0.39, 0.29) is 5.56 Å². The van der Waals surface area contributed by atoms with Crippen molar-refractivity contribution >= 4 is 0 Å². The lowest BCUT2D eigenvalue weighted by Gasteiger charge is -2.23. The number of benzene rings is 1. The Bertz CT molecular complexity index is 444. The summed E-state index contributed by atoms with van der Waals surface area (Å²) in [4.78, 5) is 0. The van der Waals surface area contributed by atoms with Gasteiger partial charge < -0.3 is 15.2 Å². The molecule has 106 valence electrons. The standard InChI is InChI=1S/C14H19F2NO2/c1-14(15,16)11-9-13-12(18-6-7-19-13)8-10(11)4-2-3-5-17/h8-9H,2-7,17H2,1H3. The average molecular weight is 271 g/mol. The number of hydrogen-bond acceptors (Lipinski definition) is 3. The van der Waals surface area contributed by atoms with Crippen molar-refractivity contribution in [3.05, 3.63) is 23.3 Å². The summed E-state index contributed by atoms with van der Waals surface area (Å²) >= 11 is 0. The highest BCUT2D eigenvalue weighted by molar-refractivity contribution is 5.49. The maximum absolute atomic E-state index is 13.7. The van der Waals surface area contributed by atoms with Gasteiger partial charge in [-0.25, -0.2) is 8.78 Å². The molecule has 5 heteroatoms. The summed E-state index contributed by atoms with van der Waals surface area (Å²) in [6.07, 6.45) is 2.19. The van der Waals surface area contributed by atoms with Gasteiger partial charge in [0.1, 0.15) is 13.2 Å². The highest BCUT2D eigenvalue weighted by Crippen LogP contribution is 2.39. The molecule has 0 amide bonds. The van der Waals surface area contributed by atoms with Gasteiger partial charge in [0.05, 0.1) is 0 Å². The van der Waals surface area contributed by atoms with Crippen LogP contribution in [0.1, 0.15) is 30.9 Å². The van der Waals surface area contributed by atoms with Gasteiger partial charge in [-0.3, -0.25) is 0 Å². The molecule has 0 unspecified atom stereocenters. The number of aryl methyl sites for hydroxylation is 1. The van der Waals surface area contributed by atoms with Crippen molar-refractivity contribution < 1.29 is 18.3 Å². The van der Waals surface area contributed by atoms with Crippen molar-refractivity contribution in [2.75, 3.05) is 19.8 Å². The van der Waals surface area contributed by atoms with Gasteiger partial charge in [0.15, 0.2) is 11.5 Å². The molecule has 0 aliphatic carbocycles. The molecule has 2 N–H and O–H groups in total. The van der Waals surface area contributed by atoms with Crippen LogP contribution in [0.4, 0.5) is 8.78 Å². The minimum atomic E-state index is -2.88. The van der Waals surface area contributed by atoms with Crippen molar-refractivity contribution in [1.29, 1.82) is 0 Å². The Hall–Kier alpha value is -1.36. The van der Waals surface area contributed by atoms with Gasteiger partial charge in [0, 0.05) is 12.5 Å². The highest BCUT2D eigenvalue weighted by atomic mass is 19.3. The Morgan fingerprint density at radius 3 is 2.37 bits per heavy atom. The van der Waals surface area contributed by atoms with Crippen LogP contribution in [0.3, 0.4) is 0 Å². The van der Waals surface area contributed by atoms with Crippen LogP contribution in [-0.2, 0) is 12.3 Å². The van der Waals surface area contributed by atoms with Gasteiger partial charge in [-0.2, -0.15) is 0 Å². The van der Waals surface area contributed by atoms with Gasteiger partial charge in [0.2, 0.25) is 0 Å². The third kappa shape index (κ3) is 3.35. The van der Waals surface area contributed by atoms with Crippen LogP contribution >= 0.6 is 0 Å². The molecule has 0 aromatic heterocycles. The van der Waals surface area contributed by atoms with Crippen molar-refractivity contribution in [3.63, 3.8) is 0 Å². The first-order valence-electron chi connectivity index (χ1n) is 6.53. The number of halogens is 2. The molecule has 0 spiro atoms. The van der Waals surface area contributed by atoms with Crippen LogP contribution < -0.4 is 15.2 Å². The first kappa shape index (κ1) is 14.1.